The van der Waals surface area contributed by atoms with Crippen molar-refractivity contribution in [3.63, 3.8) is 0 Å². The van der Waals surface area contributed by atoms with Crippen molar-refractivity contribution >= 4 is 28.8 Å². The number of ether oxygens (including phenoxy) is 1. The van der Waals surface area contributed by atoms with Gasteiger partial charge in [0.2, 0.25) is 0 Å². The van der Waals surface area contributed by atoms with Gasteiger partial charge in [-0.2, -0.15) is 0 Å². The van der Waals surface area contributed by atoms with Crippen LogP contribution in [-0.4, -0.2) is 23.7 Å². The lowest BCUT2D eigenvalue weighted by molar-refractivity contribution is -0.385. The van der Waals surface area contributed by atoms with Crippen LogP contribution in [0.3, 0.4) is 0 Å². The minimum Gasteiger partial charge on any atom is -0.490 e. The van der Waals surface area contributed by atoms with Gasteiger partial charge in [0.25, 0.3) is 0 Å². The maximum Gasteiger partial charge on any atom is 0.313 e. The molecule has 0 heterocycles. The first-order chi connectivity index (χ1) is 7.51. The second-order valence-corrected chi connectivity index (χ2v) is 3.19. The van der Waals surface area contributed by atoms with E-state index in [-0.39, 0.29) is 28.6 Å². The van der Waals surface area contributed by atoms with Crippen molar-refractivity contribution in [2.45, 2.75) is 0 Å². The molecule has 1 rings (SSSR count). The molecular formula is C9H9ClN2O4. The smallest absolute Gasteiger partial charge is 0.313 e. The monoisotopic (exact) mass is 244 g/mol. The van der Waals surface area contributed by atoms with Crippen molar-refractivity contribution in [1.82, 2.24) is 0 Å². The molecule has 0 aliphatic rings. The van der Waals surface area contributed by atoms with Crippen LogP contribution < -0.4 is 10.5 Å². The van der Waals surface area contributed by atoms with Gasteiger partial charge in [-0.25, -0.2) is 0 Å². The van der Waals surface area contributed by atoms with Gasteiger partial charge >= 0.3 is 5.69 Å². The summed E-state index contributed by atoms with van der Waals surface area (Å²) in [5.74, 6) is -0.675. The number of carbonyl (C=O) groups excluding carboxylic acids is 1. The molecular weight excluding hydrogens is 236 g/mol. The largest absolute Gasteiger partial charge is 0.490 e. The molecule has 6 nitrogen and oxygen atoms in total. The fourth-order valence-electron chi connectivity index (χ4n) is 1.20. The SMILES string of the molecule is COc1cc(C(=O)CCl)c(N)cc1[N+](=O)[O-]. The Morgan fingerprint density at radius 3 is 2.69 bits per heavy atom. The van der Waals surface area contributed by atoms with Gasteiger partial charge in [0.15, 0.2) is 11.5 Å². The highest BCUT2D eigenvalue weighted by Crippen LogP contribution is 2.31. The van der Waals surface area contributed by atoms with Crippen LogP contribution in [0.2, 0.25) is 0 Å². The first kappa shape index (κ1) is 12.3. The topological polar surface area (TPSA) is 95.5 Å². The second-order valence-electron chi connectivity index (χ2n) is 2.93. The molecule has 1 aromatic rings. The minimum absolute atomic E-state index is 0.0122. The molecule has 0 fully saturated rings. The molecule has 0 bridgehead atoms. The summed E-state index contributed by atoms with van der Waals surface area (Å²) >= 11 is 5.38. The number of nitro groups is 1. The third kappa shape index (κ3) is 2.22. The summed E-state index contributed by atoms with van der Waals surface area (Å²) in [5.41, 5.74) is 5.37. The summed E-state index contributed by atoms with van der Waals surface area (Å²) in [6.45, 7) is 0. The van der Waals surface area contributed by atoms with E-state index in [2.05, 4.69) is 0 Å². The number of ketones is 1. The van der Waals surface area contributed by atoms with Crippen molar-refractivity contribution in [2.24, 2.45) is 0 Å². The van der Waals surface area contributed by atoms with E-state index in [9.17, 15) is 14.9 Å². The molecule has 0 unspecified atom stereocenters. The maximum atomic E-state index is 11.3. The number of nitro benzene ring substituents is 1. The molecule has 0 aromatic heterocycles. The quantitative estimate of drug-likeness (QED) is 0.285. The fourth-order valence-corrected chi connectivity index (χ4v) is 1.35. The highest BCUT2D eigenvalue weighted by atomic mass is 35.5. The molecule has 86 valence electrons. The van der Waals surface area contributed by atoms with E-state index < -0.39 is 10.7 Å². The Kier molecular flexibility index (Phi) is 3.68. The average molecular weight is 245 g/mol. The van der Waals surface area contributed by atoms with Crippen molar-refractivity contribution in [2.75, 3.05) is 18.7 Å². The second kappa shape index (κ2) is 4.80. The van der Waals surface area contributed by atoms with Gasteiger partial charge in [-0.3, -0.25) is 14.9 Å². The molecule has 0 atom stereocenters. The molecule has 0 aliphatic heterocycles. The number of Topliss-reactive ketones (excluding diaryl/α,β-unsaturated/α-hetero) is 1. The van der Waals surface area contributed by atoms with Crippen LogP contribution in [0.4, 0.5) is 11.4 Å². The van der Waals surface area contributed by atoms with Gasteiger partial charge in [0, 0.05) is 23.4 Å². The van der Waals surface area contributed by atoms with E-state index in [4.69, 9.17) is 22.1 Å². The Labute approximate surface area is 96.1 Å². The van der Waals surface area contributed by atoms with Crippen molar-refractivity contribution in [3.05, 3.63) is 27.8 Å². The molecule has 0 amide bonds. The van der Waals surface area contributed by atoms with Crippen molar-refractivity contribution < 1.29 is 14.5 Å². The summed E-state index contributed by atoms with van der Waals surface area (Å²) in [4.78, 5) is 21.4. The molecule has 16 heavy (non-hydrogen) atoms. The molecule has 0 spiro atoms. The standard InChI is InChI=1S/C9H9ClN2O4/c1-16-9-2-5(8(13)4-10)6(11)3-7(9)12(14)15/h2-3H,4,11H2,1H3. The number of benzene rings is 1. The molecule has 0 radical (unpaired) electrons. The Morgan fingerprint density at radius 1 is 1.62 bits per heavy atom. The van der Waals surface area contributed by atoms with Crippen LogP contribution in [0.25, 0.3) is 0 Å². The molecule has 1 aromatic carbocycles. The molecule has 0 aliphatic carbocycles. The summed E-state index contributed by atoms with van der Waals surface area (Å²) in [6, 6.07) is 2.30. The van der Waals surface area contributed by atoms with Crippen LogP contribution in [0, 0.1) is 10.1 Å². The lowest BCUT2D eigenvalue weighted by Crippen LogP contribution is -2.07. The van der Waals surface area contributed by atoms with Gasteiger partial charge in [-0.15, -0.1) is 11.6 Å². The summed E-state index contributed by atoms with van der Waals surface area (Å²) < 4.78 is 4.80. The van der Waals surface area contributed by atoms with Crippen LogP contribution in [0.5, 0.6) is 5.75 Å². The normalized spacial score (nSPS) is 9.88. The zero-order chi connectivity index (χ0) is 12.3. The molecule has 2 N–H and O–H groups in total. The zero-order valence-electron chi connectivity index (χ0n) is 8.40. The molecule has 0 saturated heterocycles. The number of anilines is 1. The first-order valence-electron chi connectivity index (χ1n) is 4.22. The number of rotatable bonds is 4. The molecule has 7 heteroatoms. The van der Waals surface area contributed by atoms with Gasteiger partial charge in [-0.05, 0) is 0 Å². The molecule has 0 saturated carbocycles. The van der Waals surface area contributed by atoms with E-state index in [0.29, 0.717) is 0 Å². The van der Waals surface area contributed by atoms with Crippen LogP contribution in [-0.2, 0) is 0 Å². The van der Waals surface area contributed by atoms with Crippen molar-refractivity contribution in [1.29, 1.82) is 0 Å². The predicted octanol–water partition coefficient (Wildman–Crippen LogP) is 1.61. The van der Waals surface area contributed by atoms with Gasteiger partial charge < -0.3 is 10.5 Å². The minimum atomic E-state index is -0.635. The lowest BCUT2D eigenvalue weighted by Gasteiger charge is -2.06. The Hall–Kier alpha value is -1.82. The number of hydrogen-bond acceptors (Lipinski definition) is 5. The number of nitrogens with zero attached hydrogens (tertiary/aromatic N) is 1. The maximum absolute atomic E-state index is 11.3. The van der Waals surface area contributed by atoms with E-state index in [1.165, 1.54) is 13.2 Å². The Morgan fingerprint density at radius 2 is 2.25 bits per heavy atom. The highest BCUT2D eigenvalue weighted by Gasteiger charge is 2.20. The van der Waals surface area contributed by atoms with Crippen molar-refractivity contribution in [3.8, 4) is 5.75 Å². The summed E-state index contributed by atoms with van der Waals surface area (Å²) in [6.07, 6.45) is 0. The van der Waals surface area contributed by atoms with E-state index >= 15 is 0 Å². The van der Waals surface area contributed by atoms with E-state index in [1.54, 1.807) is 0 Å². The van der Waals surface area contributed by atoms with Gasteiger partial charge in [-0.1, -0.05) is 0 Å². The first-order valence-corrected chi connectivity index (χ1v) is 4.75. The number of nitrogen functional groups attached to an aromatic ring is 1. The van der Waals surface area contributed by atoms with Crippen LogP contribution in [0.1, 0.15) is 10.4 Å². The average Bonchev–Trinajstić information content (AvgIpc) is 2.27. The Balaban J connectivity index is 3.37. The number of halogens is 1. The fraction of sp³-hybridized carbons (Fsp3) is 0.222. The van der Waals surface area contributed by atoms with Gasteiger partial charge in [0.05, 0.1) is 17.9 Å². The van der Waals surface area contributed by atoms with Crippen LogP contribution in [0.15, 0.2) is 12.1 Å². The van der Waals surface area contributed by atoms with E-state index in [1.807, 2.05) is 0 Å². The number of hydrogen-bond donors (Lipinski definition) is 1. The third-order valence-corrected chi connectivity index (χ3v) is 2.21. The van der Waals surface area contributed by atoms with Gasteiger partial charge in [0.1, 0.15) is 0 Å². The Bertz CT molecular complexity index is 447. The number of nitrogens with two attached hydrogens (primary N) is 1. The summed E-state index contributed by atoms with van der Waals surface area (Å²) in [5, 5.41) is 10.6. The summed E-state index contributed by atoms with van der Waals surface area (Å²) in [7, 11) is 1.27. The van der Waals surface area contributed by atoms with E-state index in [0.717, 1.165) is 6.07 Å². The third-order valence-electron chi connectivity index (χ3n) is 1.97. The van der Waals surface area contributed by atoms with Crippen LogP contribution >= 0.6 is 11.6 Å². The highest BCUT2D eigenvalue weighted by molar-refractivity contribution is 6.31. The number of alkyl halides is 1. The predicted molar refractivity (Wildman–Crippen MR) is 59.1 cm³/mol. The zero-order valence-corrected chi connectivity index (χ0v) is 9.15. The number of methoxy groups -OCH3 is 1. The number of carbonyl (C=O) groups is 1. The lowest BCUT2D eigenvalue weighted by atomic mass is 10.1.